The summed E-state index contributed by atoms with van der Waals surface area (Å²) in [6, 6.07) is 0.189. The van der Waals surface area contributed by atoms with Crippen LogP contribution in [0.3, 0.4) is 0 Å². The summed E-state index contributed by atoms with van der Waals surface area (Å²) in [4.78, 5) is 35.4. The van der Waals surface area contributed by atoms with Crippen LogP contribution in [0.4, 0.5) is 9.59 Å². The van der Waals surface area contributed by atoms with E-state index in [1.54, 1.807) is 16.2 Å². The Kier molecular flexibility index (Phi) is 8.24. The molecule has 178 valence electrons. The van der Waals surface area contributed by atoms with Gasteiger partial charge in [0.05, 0.1) is 13.2 Å². The number of hydrogen-bond donors (Lipinski definition) is 1. The first-order valence-corrected chi connectivity index (χ1v) is 13.1. The predicted molar refractivity (Wildman–Crippen MR) is 125 cm³/mol. The lowest BCUT2D eigenvalue weighted by Crippen LogP contribution is -2.52. The second kappa shape index (κ2) is 11.3. The molecule has 3 fully saturated rings. The number of piperidine rings is 2. The van der Waals surface area contributed by atoms with Crippen LogP contribution in [0.5, 0.6) is 0 Å². The number of urea groups is 1. The zero-order valence-electron chi connectivity index (χ0n) is 19.2. The average molecular weight is 464 g/mol. The van der Waals surface area contributed by atoms with E-state index in [1.165, 1.54) is 24.4 Å². The van der Waals surface area contributed by atoms with Crippen LogP contribution in [0.1, 0.15) is 50.5 Å². The van der Waals surface area contributed by atoms with Gasteiger partial charge in [-0.2, -0.15) is 0 Å². The molecule has 0 radical (unpaired) electrons. The van der Waals surface area contributed by atoms with Gasteiger partial charge in [-0.15, -0.1) is 11.3 Å². The van der Waals surface area contributed by atoms with Gasteiger partial charge in [0, 0.05) is 56.9 Å². The molecule has 32 heavy (non-hydrogen) atoms. The quantitative estimate of drug-likeness (QED) is 0.639. The van der Waals surface area contributed by atoms with Gasteiger partial charge in [0.15, 0.2) is 0 Å². The van der Waals surface area contributed by atoms with Crippen molar-refractivity contribution in [1.82, 2.24) is 25.0 Å². The molecule has 3 heterocycles. The van der Waals surface area contributed by atoms with E-state index in [0.717, 1.165) is 57.8 Å². The van der Waals surface area contributed by atoms with Crippen LogP contribution >= 0.6 is 11.3 Å². The first-order valence-electron chi connectivity index (χ1n) is 12.2. The minimum Gasteiger partial charge on any atom is -0.450 e. The number of hydrogen-bond acceptors (Lipinski definition) is 6. The summed E-state index contributed by atoms with van der Waals surface area (Å²) in [5.74, 6) is 1.52. The van der Waals surface area contributed by atoms with E-state index >= 15 is 0 Å². The fraction of sp³-hybridized carbons (Fsp3) is 0.783. The summed E-state index contributed by atoms with van der Waals surface area (Å²) < 4.78 is 5.07. The van der Waals surface area contributed by atoms with Crippen molar-refractivity contribution >= 4 is 23.5 Å². The number of nitrogens with one attached hydrogen (secondary N) is 1. The molecule has 3 aliphatic rings. The zero-order valence-corrected chi connectivity index (χ0v) is 20.0. The van der Waals surface area contributed by atoms with Gasteiger partial charge in [0.1, 0.15) is 5.01 Å². The molecular formula is C23H37N5O3S. The molecule has 0 spiro atoms. The smallest absolute Gasteiger partial charge is 0.409 e. The molecule has 9 heteroatoms. The van der Waals surface area contributed by atoms with Gasteiger partial charge in [-0.05, 0) is 57.3 Å². The number of likely N-dealkylation sites (tertiary alicyclic amines) is 2. The largest absolute Gasteiger partial charge is 0.450 e. The van der Waals surface area contributed by atoms with E-state index in [9.17, 15) is 9.59 Å². The Balaban J connectivity index is 1.17. The van der Waals surface area contributed by atoms with Gasteiger partial charge in [0.2, 0.25) is 0 Å². The fourth-order valence-corrected chi connectivity index (χ4v) is 5.42. The van der Waals surface area contributed by atoms with Gasteiger partial charge in [-0.1, -0.05) is 0 Å². The molecule has 8 nitrogen and oxygen atoms in total. The minimum absolute atomic E-state index is 0.0515. The highest BCUT2D eigenvalue weighted by molar-refractivity contribution is 7.09. The zero-order chi connectivity index (χ0) is 22.3. The molecule has 0 bridgehead atoms. The lowest BCUT2D eigenvalue weighted by molar-refractivity contribution is 0.0944. The summed E-state index contributed by atoms with van der Waals surface area (Å²) in [5.41, 5.74) is 0. The summed E-state index contributed by atoms with van der Waals surface area (Å²) in [6.07, 6.45) is 8.08. The van der Waals surface area contributed by atoms with Gasteiger partial charge in [-0.25, -0.2) is 14.6 Å². The van der Waals surface area contributed by atoms with Crippen LogP contribution in [0, 0.1) is 11.8 Å². The Bertz CT molecular complexity index is 726. The van der Waals surface area contributed by atoms with Crippen LogP contribution in [-0.4, -0.2) is 83.7 Å². The van der Waals surface area contributed by atoms with Crippen molar-refractivity contribution in [2.24, 2.45) is 11.8 Å². The maximum atomic E-state index is 12.8. The third kappa shape index (κ3) is 6.81. The maximum absolute atomic E-state index is 12.8. The number of carbonyl (C=O) groups is 2. The van der Waals surface area contributed by atoms with E-state index in [0.29, 0.717) is 25.6 Å². The Morgan fingerprint density at radius 1 is 1.06 bits per heavy atom. The van der Waals surface area contributed by atoms with Gasteiger partial charge in [-0.3, -0.25) is 4.90 Å². The van der Waals surface area contributed by atoms with Gasteiger partial charge < -0.3 is 19.9 Å². The number of nitrogens with zero attached hydrogens (tertiary/aromatic N) is 4. The number of rotatable bonds is 8. The van der Waals surface area contributed by atoms with Crippen molar-refractivity contribution in [1.29, 1.82) is 0 Å². The minimum atomic E-state index is -0.245. The van der Waals surface area contributed by atoms with Crippen molar-refractivity contribution in [3.05, 3.63) is 16.6 Å². The van der Waals surface area contributed by atoms with Crippen molar-refractivity contribution in [3.63, 3.8) is 0 Å². The van der Waals surface area contributed by atoms with Crippen molar-refractivity contribution in [2.45, 2.75) is 58.0 Å². The first kappa shape index (κ1) is 23.3. The Hall–Kier alpha value is -1.87. The lowest BCUT2D eigenvalue weighted by atomic mass is 9.96. The standard InChI is InChI=1S/C23H37N5O3S/c1-2-31-23(30)28-12-7-20(8-13-28)25-22(29)27-10-5-19(6-11-27)16-26(15-18-3-4-18)17-21-24-9-14-32-21/h9,14,18-20H,2-8,10-13,15-17H2,1H3,(H,25,29). The van der Waals surface area contributed by atoms with E-state index < -0.39 is 0 Å². The highest BCUT2D eigenvalue weighted by Crippen LogP contribution is 2.31. The Morgan fingerprint density at radius 2 is 1.72 bits per heavy atom. The molecule has 2 aliphatic heterocycles. The number of amides is 3. The fourth-order valence-electron chi connectivity index (χ4n) is 4.76. The normalized spacial score (nSPS) is 20.6. The van der Waals surface area contributed by atoms with Crippen LogP contribution in [0.25, 0.3) is 0 Å². The average Bonchev–Trinajstić information content (AvgIpc) is 3.46. The molecule has 0 unspecified atom stereocenters. The first-order chi connectivity index (χ1) is 15.6. The topological polar surface area (TPSA) is 78.0 Å². The van der Waals surface area contributed by atoms with Gasteiger partial charge in [0.25, 0.3) is 0 Å². The SMILES string of the molecule is CCOC(=O)N1CCC(NC(=O)N2CCC(CN(Cc3nccs3)CC3CC3)CC2)CC1. The second-order valence-electron chi connectivity index (χ2n) is 9.40. The van der Waals surface area contributed by atoms with Crippen LogP contribution in [0.2, 0.25) is 0 Å². The van der Waals surface area contributed by atoms with Crippen LogP contribution in [0.15, 0.2) is 11.6 Å². The van der Waals surface area contributed by atoms with Crippen molar-refractivity contribution in [3.8, 4) is 0 Å². The van der Waals surface area contributed by atoms with Crippen LogP contribution < -0.4 is 5.32 Å². The molecule has 4 rings (SSSR count). The monoisotopic (exact) mass is 463 g/mol. The predicted octanol–water partition coefficient (Wildman–Crippen LogP) is 3.40. The molecule has 1 aromatic rings. The number of ether oxygens (including phenoxy) is 1. The molecule has 1 saturated carbocycles. The maximum Gasteiger partial charge on any atom is 0.409 e. The summed E-state index contributed by atoms with van der Waals surface area (Å²) >= 11 is 1.74. The molecule has 3 amide bonds. The highest BCUT2D eigenvalue weighted by atomic mass is 32.1. The van der Waals surface area contributed by atoms with Gasteiger partial charge >= 0.3 is 12.1 Å². The number of carbonyl (C=O) groups excluding carboxylic acids is 2. The molecular weight excluding hydrogens is 426 g/mol. The Labute approximate surface area is 195 Å². The van der Waals surface area contributed by atoms with E-state index in [-0.39, 0.29) is 18.2 Å². The van der Waals surface area contributed by atoms with Crippen molar-refractivity contribution in [2.75, 3.05) is 45.9 Å². The molecule has 0 atom stereocenters. The molecule has 2 saturated heterocycles. The molecule has 1 aromatic heterocycles. The summed E-state index contributed by atoms with van der Waals surface area (Å²) in [5, 5.41) is 6.45. The van der Waals surface area contributed by atoms with E-state index in [4.69, 9.17) is 4.74 Å². The molecule has 1 N–H and O–H groups in total. The van der Waals surface area contributed by atoms with E-state index in [2.05, 4.69) is 20.6 Å². The molecule has 0 aromatic carbocycles. The third-order valence-electron chi connectivity index (χ3n) is 6.82. The number of thiazole rings is 1. The van der Waals surface area contributed by atoms with Crippen LogP contribution in [-0.2, 0) is 11.3 Å². The third-order valence-corrected chi connectivity index (χ3v) is 7.59. The second-order valence-corrected chi connectivity index (χ2v) is 10.4. The lowest BCUT2D eigenvalue weighted by Gasteiger charge is -2.37. The molecule has 1 aliphatic carbocycles. The van der Waals surface area contributed by atoms with Crippen molar-refractivity contribution < 1.29 is 14.3 Å². The number of aromatic nitrogens is 1. The Morgan fingerprint density at radius 3 is 2.31 bits per heavy atom. The summed E-state index contributed by atoms with van der Waals surface area (Å²) in [6.45, 7) is 8.40. The highest BCUT2D eigenvalue weighted by Gasteiger charge is 2.30. The summed E-state index contributed by atoms with van der Waals surface area (Å²) in [7, 11) is 0. The van der Waals surface area contributed by atoms with E-state index in [1.807, 2.05) is 18.0 Å².